The van der Waals surface area contributed by atoms with Gasteiger partial charge >= 0.3 is 0 Å². The van der Waals surface area contributed by atoms with Gasteiger partial charge in [-0.25, -0.2) is 0 Å². The van der Waals surface area contributed by atoms with E-state index in [4.69, 9.17) is 4.74 Å². The van der Waals surface area contributed by atoms with Crippen LogP contribution in [0.4, 0.5) is 0 Å². The molecule has 2 rings (SSSR count). The van der Waals surface area contributed by atoms with Crippen LogP contribution in [0.15, 0.2) is 0 Å². The van der Waals surface area contributed by atoms with Crippen LogP contribution in [0, 0.1) is 5.92 Å². The van der Waals surface area contributed by atoms with Crippen LogP contribution in [0.5, 0.6) is 0 Å². The fraction of sp³-hybridized carbons (Fsp3) is 1.00. The zero-order chi connectivity index (χ0) is 11.4. The molecular formula is C14H27NO. The monoisotopic (exact) mass is 225 g/mol. The molecule has 1 saturated carbocycles. The van der Waals surface area contributed by atoms with Gasteiger partial charge in [-0.2, -0.15) is 0 Å². The maximum atomic E-state index is 5.79. The summed E-state index contributed by atoms with van der Waals surface area (Å²) >= 11 is 0. The first-order valence-electron chi connectivity index (χ1n) is 7.12. The Morgan fingerprint density at radius 3 is 2.06 bits per heavy atom. The van der Waals surface area contributed by atoms with E-state index in [0.29, 0.717) is 12.2 Å². The van der Waals surface area contributed by atoms with E-state index in [1.54, 1.807) is 0 Å². The molecular weight excluding hydrogens is 198 g/mol. The van der Waals surface area contributed by atoms with Crippen molar-refractivity contribution in [3.8, 4) is 0 Å². The lowest BCUT2D eigenvalue weighted by molar-refractivity contribution is -0.0718. The number of nitrogens with zero attached hydrogens (tertiary/aromatic N) is 1. The first-order chi connectivity index (χ1) is 7.74. The highest BCUT2D eigenvalue weighted by atomic mass is 16.5. The maximum absolute atomic E-state index is 5.79. The minimum absolute atomic E-state index is 0.425. The highest BCUT2D eigenvalue weighted by Gasteiger charge is 2.24. The molecule has 0 bridgehead atoms. The van der Waals surface area contributed by atoms with Crippen molar-refractivity contribution in [2.24, 2.45) is 5.92 Å². The Bertz CT molecular complexity index is 189. The van der Waals surface area contributed by atoms with Gasteiger partial charge in [-0.3, -0.25) is 4.90 Å². The molecule has 2 aliphatic rings. The van der Waals surface area contributed by atoms with E-state index < -0.39 is 0 Å². The highest BCUT2D eigenvalue weighted by Crippen LogP contribution is 2.24. The molecule has 0 radical (unpaired) electrons. The number of hydrogen-bond acceptors (Lipinski definition) is 2. The molecule has 1 aliphatic carbocycles. The second-order valence-electron chi connectivity index (χ2n) is 5.83. The van der Waals surface area contributed by atoms with Crippen LogP contribution in [0.3, 0.4) is 0 Å². The molecule has 0 aromatic heterocycles. The topological polar surface area (TPSA) is 12.5 Å². The van der Waals surface area contributed by atoms with Crippen LogP contribution < -0.4 is 0 Å². The third-order valence-electron chi connectivity index (χ3n) is 3.99. The lowest BCUT2D eigenvalue weighted by atomic mass is 9.99. The van der Waals surface area contributed by atoms with E-state index in [-0.39, 0.29) is 0 Å². The summed E-state index contributed by atoms with van der Waals surface area (Å²) < 4.78 is 5.79. The fourth-order valence-corrected chi connectivity index (χ4v) is 3.35. The quantitative estimate of drug-likeness (QED) is 0.670. The average molecular weight is 225 g/mol. The molecule has 0 aromatic carbocycles. The SMILES string of the molecule is CC1CN(CC2CCCCCC2)CC(C)O1. The van der Waals surface area contributed by atoms with Crippen LogP contribution in [0.1, 0.15) is 52.4 Å². The van der Waals surface area contributed by atoms with E-state index in [0.717, 1.165) is 19.0 Å². The summed E-state index contributed by atoms with van der Waals surface area (Å²) in [5, 5.41) is 0. The Balaban J connectivity index is 1.78. The van der Waals surface area contributed by atoms with Crippen molar-refractivity contribution in [2.45, 2.75) is 64.6 Å². The van der Waals surface area contributed by atoms with Gasteiger partial charge < -0.3 is 4.74 Å². The first kappa shape index (κ1) is 12.4. The largest absolute Gasteiger partial charge is 0.373 e. The predicted molar refractivity (Wildman–Crippen MR) is 67.6 cm³/mol. The zero-order valence-electron chi connectivity index (χ0n) is 11.0. The standard InChI is InChI=1S/C14H27NO/c1-12-9-15(10-13(2)16-12)11-14-7-5-3-4-6-8-14/h12-14H,3-11H2,1-2H3. The Hall–Kier alpha value is -0.0800. The van der Waals surface area contributed by atoms with Crippen molar-refractivity contribution in [3.05, 3.63) is 0 Å². The molecule has 1 saturated heterocycles. The Kier molecular flexibility index (Phi) is 4.66. The van der Waals surface area contributed by atoms with E-state index in [2.05, 4.69) is 18.7 Å². The van der Waals surface area contributed by atoms with Crippen molar-refractivity contribution in [1.82, 2.24) is 4.90 Å². The third-order valence-corrected chi connectivity index (χ3v) is 3.99. The Morgan fingerprint density at radius 2 is 1.50 bits per heavy atom. The van der Waals surface area contributed by atoms with Crippen LogP contribution in [-0.4, -0.2) is 36.7 Å². The molecule has 0 spiro atoms. The summed E-state index contributed by atoms with van der Waals surface area (Å²) in [5.41, 5.74) is 0. The molecule has 1 aliphatic heterocycles. The third kappa shape index (κ3) is 3.74. The van der Waals surface area contributed by atoms with Crippen molar-refractivity contribution in [2.75, 3.05) is 19.6 Å². The maximum Gasteiger partial charge on any atom is 0.0678 e. The predicted octanol–water partition coefficient (Wildman–Crippen LogP) is 3.07. The van der Waals surface area contributed by atoms with Gasteiger partial charge in [0.1, 0.15) is 0 Å². The summed E-state index contributed by atoms with van der Waals surface area (Å²) in [7, 11) is 0. The normalized spacial score (nSPS) is 34.9. The van der Waals surface area contributed by atoms with E-state index in [9.17, 15) is 0 Å². The molecule has 0 amide bonds. The summed E-state index contributed by atoms with van der Waals surface area (Å²) in [6, 6.07) is 0. The smallest absolute Gasteiger partial charge is 0.0678 e. The second kappa shape index (κ2) is 6.02. The molecule has 16 heavy (non-hydrogen) atoms. The zero-order valence-corrected chi connectivity index (χ0v) is 11.0. The number of ether oxygens (including phenoxy) is 1. The minimum atomic E-state index is 0.425. The fourth-order valence-electron chi connectivity index (χ4n) is 3.35. The first-order valence-corrected chi connectivity index (χ1v) is 7.12. The summed E-state index contributed by atoms with van der Waals surface area (Å²) in [5.74, 6) is 0.958. The van der Waals surface area contributed by atoms with E-state index in [1.165, 1.54) is 45.1 Å². The number of morpholine rings is 1. The molecule has 2 atom stereocenters. The second-order valence-corrected chi connectivity index (χ2v) is 5.83. The summed E-state index contributed by atoms with van der Waals surface area (Å²) in [4.78, 5) is 2.63. The van der Waals surface area contributed by atoms with Gasteiger partial charge in [-0.1, -0.05) is 25.7 Å². The molecule has 2 heteroatoms. The minimum Gasteiger partial charge on any atom is -0.373 e. The molecule has 2 nitrogen and oxygen atoms in total. The Morgan fingerprint density at radius 1 is 0.938 bits per heavy atom. The Labute approximate surface area is 100 Å². The van der Waals surface area contributed by atoms with Gasteiger partial charge in [-0.15, -0.1) is 0 Å². The lowest BCUT2D eigenvalue weighted by Crippen LogP contribution is -2.47. The van der Waals surface area contributed by atoms with Crippen LogP contribution in [-0.2, 0) is 4.74 Å². The van der Waals surface area contributed by atoms with Crippen LogP contribution >= 0.6 is 0 Å². The molecule has 94 valence electrons. The van der Waals surface area contributed by atoms with Gasteiger partial charge in [0.05, 0.1) is 12.2 Å². The van der Waals surface area contributed by atoms with E-state index in [1.807, 2.05) is 0 Å². The molecule has 1 heterocycles. The van der Waals surface area contributed by atoms with E-state index >= 15 is 0 Å². The van der Waals surface area contributed by atoms with Gasteiger partial charge in [0.2, 0.25) is 0 Å². The van der Waals surface area contributed by atoms with Crippen molar-refractivity contribution in [1.29, 1.82) is 0 Å². The average Bonchev–Trinajstić information content (AvgIpc) is 2.44. The van der Waals surface area contributed by atoms with Gasteiger partial charge in [0.15, 0.2) is 0 Å². The molecule has 0 N–H and O–H groups in total. The lowest BCUT2D eigenvalue weighted by Gasteiger charge is -2.37. The number of rotatable bonds is 2. The van der Waals surface area contributed by atoms with Gasteiger partial charge in [0, 0.05) is 19.6 Å². The highest BCUT2D eigenvalue weighted by molar-refractivity contribution is 4.76. The van der Waals surface area contributed by atoms with Crippen LogP contribution in [0.2, 0.25) is 0 Å². The molecule has 2 fully saturated rings. The molecule has 0 aromatic rings. The summed E-state index contributed by atoms with van der Waals surface area (Å²) in [6.07, 6.45) is 9.61. The molecule has 2 unspecified atom stereocenters. The van der Waals surface area contributed by atoms with Crippen molar-refractivity contribution < 1.29 is 4.74 Å². The number of hydrogen-bond donors (Lipinski definition) is 0. The van der Waals surface area contributed by atoms with Crippen molar-refractivity contribution in [3.63, 3.8) is 0 Å². The van der Waals surface area contributed by atoms with Crippen molar-refractivity contribution >= 4 is 0 Å². The van der Waals surface area contributed by atoms with Gasteiger partial charge in [0.25, 0.3) is 0 Å². The summed E-state index contributed by atoms with van der Waals surface area (Å²) in [6.45, 7) is 8.01. The van der Waals surface area contributed by atoms with Crippen LogP contribution in [0.25, 0.3) is 0 Å². The van der Waals surface area contributed by atoms with Gasteiger partial charge in [-0.05, 0) is 32.6 Å².